The van der Waals surface area contributed by atoms with E-state index in [2.05, 4.69) is 13.8 Å². The van der Waals surface area contributed by atoms with Crippen molar-refractivity contribution in [1.29, 1.82) is 0 Å². The van der Waals surface area contributed by atoms with E-state index in [1.807, 2.05) is 0 Å². The molecule has 1 N–H and O–H groups in total. The van der Waals surface area contributed by atoms with Crippen LogP contribution in [-0.2, 0) is 4.74 Å². The quantitative estimate of drug-likeness (QED) is 0.814. The van der Waals surface area contributed by atoms with Gasteiger partial charge in [0.25, 0.3) is 0 Å². The molecule has 1 heterocycles. The average Bonchev–Trinajstić information content (AvgIpc) is 2.74. The predicted molar refractivity (Wildman–Crippen MR) is 70.0 cm³/mol. The van der Waals surface area contributed by atoms with Gasteiger partial charge in [-0.15, -0.1) is 0 Å². The van der Waals surface area contributed by atoms with Gasteiger partial charge in [-0.3, -0.25) is 0 Å². The third-order valence-corrected chi connectivity index (χ3v) is 4.63. The van der Waals surface area contributed by atoms with Crippen molar-refractivity contribution in [3.8, 4) is 0 Å². The Bertz CT molecular complexity index is 231. The molecule has 0 amide bonds. The standard InChI is InChI=1S/C15H28O2/c1-12(2)5-6-14(16)13-7-10-17-15(11-13)8-3-4-9-15/h12-14,16H,3-11H2,1-2H3. The molecule has 1 aliphatic carbocycles. The van der Waals surface area contributed by atoms with Crippen LogP contribution in [0.2, 0.25) is 0 Å². The highest BCUT2D eigenvalue weighted by atomic mass is 16.5. The second-order valence-corrected chi connectivity index (χ2v) is 6.53. The molecule has 0 aromatic carbocycles. The van der Waals surface area contributed by atoms with Crippen LogP contribution in [0.1, 0.15) is 65.2 Å². The van der Waals surface area contributed by atoms with Crippen LogP contribution < -0.4 is 0 Å². The molecule has 2 heteroatoms. The maximum Gasteiger partial charge on any atom is 0.0686 e. The molecule has 0 bridgehead atoms. The Morgan fingerprint density at radius 2 is 1.94 bits per heavy atom. The first-order valence-corrected chi connectivity index (χ1v) is 7.43. The van der Waals surface area contributed by atoms with Crippen molar-refractivity contribution in [3.05, 3.63) is 0 Å². The van der Waals surface area contributed by atoms with Crippen LogP contribution in [0.25, 0.3) is 0 Å². The molecular weight excluding hydrogens is 212 g/mol. The monoisotopic (exact) mass is 240 g/mol. The van der Waals surface area contributed by atoms with Gasteiger partial charge in [-0.2, -0.15) is 0 Å². The minimum Gasteiger partial charge on any atom is -0.393 e. The Kier molecular flexibility index (Phi) is 4.48. The zero-order valence-electron chi connectivity index (χ0n) is 11.5. The van der Waals surface area contributed by atoms with Gasteiger partial charge >= 0.3 is 0 Å². The summed E-state index contributed by atoms with van der Waals surface area (Å²) in [6.07, 6.45) is 9.25. The van der Waals surface area contributed by atoms with Crippen molar-refractivity contribution >= 4 is 0 Å². The molecule has 1 saturated carbocycles. The molecule has 0 aromatic heterocycles. The number of ether oxygens (including phenoxy) is 1. The Morgan fingerprint density at radius 1 is 1.24 bits per heavy atom. The predicted octanol–water partition coefficient (Wildman–Crippen LogP) is 3.52. The van der Waals surface area contributed by atoms with Crippen LogP contribution >= 0.6 is 0 Å². The van der Waals surface area contributed by atoms with Crippen molar-refractivity contribution in [2.75, 3.05) is 6.61 Å². The molecule has 100 valence electrons. The summed E-state index contributed by atoms with van der Waals surface area (Å²) in [7, 11) is 0. The molecule has 1 saturated heterocycles. The topological polar surface area (TPSA) is 29.5 Å². The molecule has 2 unspecified atom stereocenters. The maximum absolute atomic E-state index is 10.3. The number of hydrogen-bond donors (Lipinski definition) is 1. The third kappa shape index (κ3) is 3.45. The van der Waals surface area contributed by atoms with Crippen molar-refractivity contribution in [2.24, 2.45) is 11.8 Å². The fourth-order valence-electron chi connectivity index (χ4n) is 3.50. The highest BCUT2D eigenvalue weighted by Crippen LogP contribution is 2.43. The van der Waals surface area contributed by atoms with E-state index >= 15 is 0 Å². The zero-order chi connectivity index (χ0) is 12.3. The fourth-order valence-corrected chi connectivity index (χ4v) is 3.50. The summed E-state index contributed by atoms with van der Waals surface area (Å²) in [6.45, 7) is 5.33. The normalized spacial score (nSPS) is 30.0. The largest absolute Gasteiger partial charge is 0.393 e. The SMILES string of the molecule is CC(C)CCC(O)C1CCOC2(CCCC2)C1. The number of rotatable bonds is 4. The molecule has 2 rings (SSSR count). The molecule has 0 aromatic rings. The van der Waals surface area contributed by atoms with Gasteiger partial charge in [-0.05, 0) is 50.4 Å². The summed E-state index contributed by atoms with van der Waals surface area (Å²) in [5.41, 5.74) is 0.154. The molecule has 17 heavy (non-hydrogen) atoms. The molecule has 1 spiro atoms. The van der Waals surface area contributed by atoms with E-state index in [1.54, 1.807) is 0 Å². The van der Waals surface area contributed by atoms with Crippen LogP contribution in [-0.4, -0.2) is 23.4 Å². The number of hydrogen-bond acceptors (Lipinski definition) is 2. The average molecular weight is 240 g/mol. The van der Waals surface area contributed by atoms with Gasteiger partial charge in [0.2, 0.25) is 0 Å². The summed E-state index contributed by atoms with van der Waals surface area (Å²) in [4.78, 5) is 0. The van der Waals surface area contributed by atoms with Gasteiger partial charge in [0.15, 0.2) is 0 Å². The lowest BCUT2D eigenvalue weighted by atomic mass is 9.80. The van der Waals surface area contributed by atoms with Gasteiger partial charge < -0.3 is 9.84 Å². The first-order valence-electron chi connectivity index (χ1n) is 7.43. The lowest BCUT2D eigenvalue weighted by Crippen LogP contribution is -2.41. The fraction of sp³-hybridized carbons (Fsp3) is 1.00. The van der Waals surface area contributed by atoms with E-state index in [1.165, 1.54) is 25.7 Å². The van der Waals surface area contributed by atoms with Crippen LogP contribution in [0.15, 0.2) is 0 Å². The van der Waals surface area contributed by atoms with Gasteiger partial charge in [0, 0.05) is 6.61 Å². The van der Waals surface area contributed by atoms with Crippen molar-refractivity contribution < 1.29 is 9.84 Å². The Balaban J connectivity index is 1.84. The van der Waals surface area contributed by atoms with Crippen molar-refractivity contribution in [1.82, 2.24) is 0 Å². The first-order chi connectivity index (χ1) is 8.11. The molecule has 1 aliphatic heterocycles. The van der Waals surface area contributed by atoms with Gasteiger partial charge in [-0.1, -0.05) is 26.7 Å². The summed E-state index contributed by atoms with van der Waals surface area (Å²) in [5.74, 6) is 1.19. The lowest BCUT2D eigenvalue weighted by Gasteiger charge is -2.40. The molecular formula is C15H28O2. The van der Waals surface area contributed by atoms with E-state index in [0.29, 0.717) is 11.8 Å². The zero-order valence-corrected chi connectivity index (χ0v) is 11.5. The number of aliphatic hydroxyl groups excluding tert-OH is 1. The second kappa shape index (κ2) is 5.71. The smallest absolute Gasteiger partial charge is 0.0686 e. The van der Waals surface area contributed by atoms with E-state index < -0.39 is 0 Å². The molecule has 2 aliphatic rings. The Morgan fingerprint density at radius 3 is 2.59 bits per heavy atom. The molecule has 0 radical (unpaired) electrons. The summed E-state index contributed by atoms with van der Waals surface area (Å²) < 4.78 is 6.02. The van der Waals surface area contributed by atoms with Gasteiger partial charge in [-0.25, -0.2) is 0 Å². The number of aliphatic hydroxyl groups is 1. The van der Waals surface area contributed by atoms with Crippen LogP contribution in [0.3, 0.4) is 0 Å². The second-order valence-electron chi connectivity index (χ2n) is 6.53. The summed E-state index contributed by atoms with van der Waals surface area (Å²) in [5, 5.41) is 10.3. The highest BCUT2D eigenvalue weighted by molar-refractivity contribution is 4.92. The van der Waals surface area contributed by atoms with Crippen LogP contribution in [0, 0.1) is 11.8 Å². The molecule has 2 nitrogen and oxygen atoms in total. The summed E-state index contributed by atoms with van der Waals surface area (Å²) >= 11 is 0. The van der Waals surface area contributed by atoms with Crippen molar-refractivity contribution in [3.63, 3.8) is 0 Å². The highest BCUT2D eigenvalue weighted by Gasteiger charge is 2.41. The van der Waals surface area contributed by atoms with Gasteiger partial charge in [0.05, 0.1) is 11.7 Å². The van der Waals surface area contributed by atoms with E-state index in [0.717, 1.165) is 32.3 Å². The van der Waals surface area contributed by atoms with Crippen LogP contribution in [0.5, 0.6) is 0 Å². The first kappa shape index (κ1) is 13.4. The van der Waals surface area contributed by atoms with Gasteiger partial charge in [0.1, 0.15) is 0 Å². The minimum absolute atomic E-state index is 0.0984. The molecule has 2 atom stereocenters. The molecule has 2 fully saturated rings. The Hall–Kier alpha value is -0.0800. The van der Waals surface area contributed by atoms with E-state index in [-0.39, 0.29) is 11.7 Å². The van der Waals surface area contributed by atoms with Crippen molar-refractivity contribution in [2.45, 2.75) is 76.9 Å². The third-order valence-electron chi connectivity index (χ3n) is 4.63. The van der Waals surface area contributed by atoms with E-state index in [4.69, 9.17) is 4.74 Å². The Labute approximate surface area is 106 Å². The summed E-state index contributed by atoms with van der Waals surface area (Å²) in [6, 6.07) is 0. The van der Waals surface area contributed by atoms with Crippen LogP contribution in [0.4, 0.5) is 0 Å². The minimum atomic E-state index is -0.0984. The maximum atomic E-state index is 10.3. The van der Waals surface area contributed by atoms with E-state index in [9.17, 15) is 5.11 Å². The lowest BCUT2D eigenvalue weighted by molar-refractivity contribution is -0.113.